The molecule has 0 aliphatic heterocycles. The van der Waals surface area contributed by atoms with Crippen molar-refractivity contribution in [3.8, 4) is 0 Å². The Kier molecular flexibility index (Phi) is 11.8. The fraction of sp³-hybridized carbons (Fsp3) is 0.169. The molecule has 0 spiro atoms. The number of hydrogen-bond acceptors (Lipinski definition) is 1. The van der Waals surface area contributed by atoms with Crippen molar-refractivity contribution in [2.24, 2.45) is 0 Å². The molecule has 1 heteroatoms. The fourth-order valence-electron chi connectivity index (χ4n) is 10.6. The molecule has 0 amide bonds. The summed E-state index contributed by atoms with van der Waals surface area (Å²) in [7, 11) is 0. The first-order valence-corrected chi connectivity index (χ1v) is 24.3. The van der Waals surface area contributed by atoms with Gasteiger partial charge in [-0.1, -0.05) is 193 Å². The molecule has 3 aliphatic carbocycles. The highest BCUT2D eigenvalue weighted by atomic mass is 15.1. The molecule has 66 heavy (non-hydrogen) atoms. The number of rotatable bonds is 8. The molecular formula is C65H57N. The van der Waals surface area contributed by atoms with Crippen LogP contribution >= 0.6 is 0 Å². The Bertz CT molecular complexity index is 3460. The molecule has 0 saturated heterocycles. The molecule has 8 aromatic rings. The molecule has 11 rings (SSSR count). The zero-order valence-electron chi connectivity index (χ0n) is 38.1. The maximum atomic E-state index is 2.43. The Balaban J connectivity index is 1.03. The monoisotopic (exact) mass is 851 g/mol. The van der Waals surface area contributed by atoms with Crippen LogP contribution in [0, 0.1) is 48.7 Å². The van der Waals surface area contributed by atoms with Crippen LogP contribution < -0.4 is 4.90 Å². The average molecular weight is 852 g/mol. The second-order valence-electron chi connectivity index (χ2n) is 18.7. The van der Waals surface area contributed by atoms with E-state index in [9.17, 15) is 0 Å². The van der Waals surface area contributed by atoms with Gasteiger partial charge in [0.05, 0.1) is 0 Å². The standard InChI is InChI=1S/C65H57N/c1-46-24-36-54(37-25-46)66(56-40-41-63-61-22-11-10-20-59(61)57-18-8-9-19-58(57)60-21-12-13-23-62(60)65(63)45-56)55-38-30-51(31-39-55)44-64(52-32-26-49(27-33-52)42-47-14-4-2-5-15-47)53-34-28-50(29-35-53)43-48-16-6-3-7-17-48/h8-13,18-45H,2-7,14-17H2,1H3. The molecule has 3 aliphatic rings. The van der Waals surface area contributed by atoms with Crippen LogP contribution in [-0.2, 0) is 0 Å². The number of hydrogen-bond donors (Lipinski definition) is 0. The topological polar surface area (TPSA) is 3.24 Å². The van der Waals surface area contributed by atoms with Crippen molar-refractivity contribution < 1.29 is 0 Å². The molecular weight excluding hydrogens is 795 g/mol. The summed E-state index contributed by atoms with van der Waals surface area (Å²) in [4.78, 5) is 2.41. The summed E-state index contributed by atoms with van der Waals surface area (Å²) in [5.74, 6) is 0. The summed E-state index contributed by atoms with van der Waals surface area (Å²) in [6.45, 7) is 2.16. The van der Waals surface area contributed by atoms with Crippen molar-refractivity contribution in [1.82, 2.24) is 0 Å². The maximum Gasteiger partial charge on any atom is 0.0468 e. The Labute approximate surface area is 389 Å². The molecule has 322 valence electrons. The lowest BCUT2D eigenvalue weighted by Crippen LogP contribution is -2.10. The van der Waals surface area contributed by atoms with Crippen molar-refractivity contribution >= 4 is 40.9 Å². The number of benzene rings is 8. The number of allylic oxidation sites excluding steroid dienone is 2. The number of fused-ring (bicyclic) bond motifs is 4. The van der Waals surface area contributed by atoms with Gasteiger partial charge in [-0.05, 0) is 176 Å². The summed E-state index contributed by atoms with van der Waals surface area (Å²) in [5.41, 5.74) is 15.3. The first kappa shape index (κ1) is 41.5. The molecule has 0 atom stereocenters. The summed E-state index contributed by atoms with van der Waals surface area (Å²) < 4.78 is 0. The van der Waals surface area contributed by atoms with Crippen LogP contribution in [0.2, 0.25) is 0 Å². The van der Waals surface area contributed by atoms with Gasteiger partial charge >= 0.3 is 0 Å². The van der Waals surface area contributed by atoms with Gasteiger partial charge in [0.1, 0.15) is 0 Å². The predicted octanol–water partition coefficient (Wildman–Crippen LogP) is 17.2. The minimum absolute atomic E-state index is 1.11. The van der Waals surface area contributed by atoms with E-state index in [1.165, 1.54) is 145 Å². The van der Waals surface area contributed by atoms with Crippen LogP contribution in [0.1, 0.15) is 97.6 Å². The molecule has 2 saturated carbocycles. The molecule has 8 aromatic carbocycles. The lowest BCUT2D eigenvalue weighted by atomic mass is 9.91. The minimum Gasteiger partial charge on any atom is -0.310 e. The number of nitrogens with zero attached hydrogens (tertiary/aromatic N) is 1. The van der Waals surface area contributed by atoms with Gasteiger partial charge in [-0.3, -0.25) is 0 Å². The van der Waals surface area contributed by atoms with Crippen LogP contribution in [0.4, 0.5) is 17.1 Å². The Morgan fingerprint density at radius 3 is 1.15 bits per heavy atom. The van der Waals surface area contributed by atoms with E-state index in [0.717, 1.165) is 17.1 Å². The Morgan fingerprint density at radius 1 is 0.348 bits per heavy atom. The van der Waals surface area contributed by atoms with Crippen LogP contribution in [0.25, 0.3) is 23.8 Å². The van der Waals surface area contributed by atoms with E-state index < -0.39 is 0 Å². The van der Waals surface area contributed by atoms with E-state index >= 15 is 0 Å². The van der Waals surface area contributed by atoms with Gasteiger partial charge in [0.15, 0.2) is 0 Å². The third-order valence-electron chi connectivity index (χ3n) is 14.1. The zero-order valence-corrected chi connectivity index (χ0v) is 38.1. The van der Waals surface area contributed by atoms with Crippen LogP contribution in [0.5, 0.6) is 0 Å². The van der Waals surface area contributed by atoms with Gasteiger partial charge in [-0.2, -0.15) is 0 Å². The molecule has 0 N–H and O–H groups in total. The highest BCUT2D eigenvalue weighted by molar-refractivity contribution is 5.92. The summed E-state index contributed by atoms with van der Waals surface area (Å²) >= 11 is 0. The smallest absolute Gasteiger partial charge is 0.0468 e. The largest absolute Gasteiger partial charge is 0.310 e. The number of anilines is 3. The van der Waals surface area contributed by atoms with Gasteiger partial charge < -0.3 is 4.90 Å². The average Bonchev–Trinajstić information content (AvgIpc) is 3.37. The maximum absolute atomic E-state index is 2.43. The summed E-state index contributed by atoms with van der Waals surface area (Å²) in [6.07, 6.45) is 20.2. The van der Waals surface area contributed by atoms with E-state index in [2.05, 4.69) is 218 Å². The van der Waals surface area contributed by atoms with Crippen molar-refractivity contribution in [2.45, 2.75) is 71.1 Å². The Hall–Kier alpha value is -7.22. The Morgan fingerprint density at radius 2 is 0.712 bits per heavy atom. The van der Waals surface area contributed by atoms with Crippen molar-refractivity contribution in [1.29, 1.82) is 0 Å². The van der Waals surface area contributed by atoms with Gasteiger partial charge in [-0.25, -0.2) is 0 Å². The van der Waals surface area contributed by atoms with Gasteiger partial charge in [0.2, 0.25) is 0 Å². The lowest BCUT2D eigenvalue weighted by Gasteiger charge is -2.26. The first-order valence-electron chi connectivity index (χ1n) is 24.3. The molecule has 2 fully saturated rings. The first-order chi connectivity index (χ1) is 32.6. The molecule has 0 heterocycles. The lowest BCUT2D eigenvalue weighted by molar-refractivity contribution is 0.602. The van der Waals surface area contributed by atoms with Gasteiger partial charge in [0, 0.05) is 17.1 Å². The number of aryl methyl sites for hydroxylation is 1. The van der Waals surface area contributed by atoms with E-state index in [0.29, 0.717) is 0 Å². The van der Waals surface area contributed by atoms with E-state index in [1.54, 1.807) is 11.1 Å². The van der Waals surface area contributed by atoms with Crippen molar-refractivity contribution in [2.75, 3.05) is 4.90 Å². The van der Waals surface area contributed by atoms with Gasteiger partial charge in [-0.15, -0.1) is 0 Å². The third-order valence-corrected chi connectivity index (χ3v) is 14.1. The summed E-state index contributed by atoms with van der Waals surface area (Å²) in [5, 5.41) is 10.0. The molecule has 1 nitrogen and oxygen atoms in total. The summed E-state index contributed by atoms with van der Waals surface area (Å²) in [6, 6.07) is 70.4. The quantitative estimate of drug-likeness (QED) is 0.138. The van der Waals surface area contributed by atoms with Crippen LogP contribution in [0.3, 0.4) is 0 Å². The second-order valence-corrected chi connectivity index (χ2v) is 18.7. The van der Waals surface area contributed by atoms with Crippen molar-refractivity contribution in [3.05, 3.63) is 274 Å². The van der Waals surface area contributed by atoms with Crippen LogP contribution in [0.15, 0.2) is 199 Å². The predicted molar refractivity (Wildman–Crippen MR) is 278 cm³/mol. The van der Waals surface area contributed by atoms with Crippen molar-refractivity contribution in [3.63, 3.8) is 0 Å². The minimum atomic E-state index is 1.11. The highest BCUT2D eigenvalue weighted by Gasteiger charge is 2.15. The zero-order chi connectivity index (χ0) is 44.2. The SMILES string of the molecule is Cc1ccc(N(c2ccc(C=C(c3ccc(C=C4CCCCC4)cc3)c3ccc(C=C4CCCCC4)cc3)cc2)c2ccc3c(c2)=c2ccccc2=c2ccccc2=c2ccccc2=3)cc1. The van der Waals surface area contributed by atoms with E-state index in [4.69, 9.17) is 0 Å². The molecule has 0 radical (unpaired) electrons. The van der Waals surface area contributed by atoms with Crippen LogP contribution in [-0.4, -0.2) is 0 Å². The normalized spacial score (nSPS) is 14.1. The second kappa shape index (κ2) is 18.7. The molecule has 0 aromatic heterocycles. The van der Waals surface area contributed by atoms with Gasteiger partial charge in [0.25, 0.3) is 0 Å². The highest BCUT2D eigenvalue weighted by Crippen LogP contribution is 2.37. The third kappa shape index (κ3) is 8.67. The van der Waals surface area contributed by atoms with E-state index in [-0.39, 0.29) is 0 Å². The fourth-order valence-corrected chi connectivity index (χ4v) is 10.6. The molecule has 0 bridgehead atoms. The molecule has 0 unspecified atom stereocenters. The van der Waals surface area contributed by atoms with E-state index in [1.807, 2.05) is 0 Å².